The first kappa shape index (κ1) is 19.7. The highest BCUT2D eigenvalue weighted by Gasteiger charge is 2.20. The molecule has 3 heterocycles. The smallest absolute Gasteiger partial charge is 0.257 e. The second kappa shape index (κ2) is 7.77. The van der Waals surface area contributed by atoms with Crippen LogP contribution < -0.4 is 5.32 Å². The third-order valence-electron chi connectivity index (χ3n) is 5.43. The lowest BCUT2D eigenvalue weighted by Crippen LogP contribution is -2.14. The number of aryl methyl sites for hydroxylation is 3. The summed E-state index contributed by atoms with van der Waals surface area (Å²) in [6, 6.07) is 21.4. The topological polar surface area (TPSA) is 77.6 Å². The zero-order chi connectivity index (χ0) is 22.2. The van der Waals surface area contributed by atoms with Gasteiger partial charge in [-0.1, -0.05) is 48.5 Å². The van der Waals surface area contributed by atoms with Crippen LogP contribution in [0.1, 0.15) is 21.6 Å². The lowest BCUT2D eigenvalue weighted by Gasteiger charge is -2.09. The summed E-state index contributed by atoms with van der Waals surface area (Å²) in [4.78, 5) is 18.2. The number of anilines is 1. The van der Waals surface area contributed by atoms with Crippen molar-refractivity contribution in [3.63, 3.8) is 0 Å². The first-order chi connectivity index (χ1) is 15.5. The SMILES string of the molecule is Cc1cn(-c2ccccc2)nc1NC(=O)c1cc(-c2ccccc2)nc2c1c(C)nn2C. The van der Waals surface area contributed by atoms with Gasteiger partial charge in [-0.25, -0.2) is 9.67 Å². The lowest BCUT2D eigenvalue weighted by atomic mass is 10.0. The molecule has 3 aromatic heterocycles. The predicted molar refractivity (Wildman–Crippen MR) is 125 cm³/mol. The van der Waals surface area contributed by atoms with E-state index < -0.39 is 0 Å². The second-order valence-corrected chi connectivity index (χ2v) is 7.72. The molecule has 0 aliphatic carbocycles. The molecule has 0 radical (unpaired) electrons. The van der Waals surface area contributed by atoms with Crippen LogP contribution in [0.3, 0.4) is 0 Å². The van der Waals surface area contributed by atoms with E-state index in [9.17, 15) is 4.79 Å². The maximum absolute atomic E-state index is 13.4. The van der Waals surface area contributed by atoms with E-state index in [1.165, 1.54) is 0 Å². The van der Waals surface area contributed by atoms with Crippen LogP contribution in [-0.2, 0) is 7.05 Å². The van der Waals surface area contributed by atoms with Gasteiger partial charge in [0.25, 0.3) is 5.91 Å². The van der Waals surface area contributed by atoms with E-state index >= 15 is 0 Å². The number of aromatic nitrogens is 5. The molecule has 32 heavy (non-hydrogen) atoms. The molecule has 0 aliphatic heterocycles. The molecule has 7 heteroatoms. The third kappa shape index (κ3) is 3.43. The minimum absolute atomic E-state index is 0.243. The van der Waals surface area contributed by atoms with Gasteiger partial charge in [-0.15, -0.1) is 5.10 Å². The minimum Gasteiger partial charge on any atom is -0.305 e. The molecule has 7 nitrogen and oxygen atoms in total. The summed E-state index contributed by atoms with van der Waals surface area (Å²) >= 11 is 0. The number of benzene rings is 2. The third-order valence-corrected chi connectivity index (χ3v) is 5.43. The van der Waals surface area contributed by atoms with Crippen LogP contribution >= 0.6 is 0 Å². The molecule has 0 bridgehead atoms. The molecule has 0 spiro atoms. The number of carbonyl (C=O) groups excluding carboxylic acids is 1. The number of hydrogen-bond acceptors (Lipinski definition) is 4. The summed E-state index contributed by atoms with van der Waals surface area (Å²) in [5.41, 5.74) is 5.40. The fraction of sp³-hybridized carbons (Fsp3) is 0.120. The van der Waals surface area contributed by atoms with Gasteiger partial charge in [-0.05, 0) is 32.0 Å². The van der Waals surface area contributed by atoms with Crippen molar-refractivity contribution in [2.24, 2.45) is 7.05 Å². The normalized spacial score (nSPS) is 11.1. The standard InChI is InChI=1S/C25H22N6O/c1-16-15-31(19-12-8-5-9-13-19)29-23(16)27-25(32)20-14-21(18-10-6-4-7-11-18)26-24-22(20)17(2)28-30(24)3/h4-15H,1-3H3,(H,27,29,32). The Morgan fingerprint density at radius 3 is 2.34 bits per heavy atom. The quantitative estimate of drug-likeness (QED) is 0.456. The van der Waals surface area contributed by atoms with Gasteiger partial charge in [0, 0.05) is 24.4 Å². The Balaban J connectivity index is 1.57. The molecule has 5 aromatic rings. The van der Waals surface area contributed by atoms with Gasteiger partial charge >= 0.3 is 0 Å². The van der Waals surface area contributed by atoms with Crippen molar-refractivity contribution in [1.82, 2.24) is 24.5 Å². The molecule has 5 rings (SSSR count). The zero-order valence-corrected chi connectivity index (χ0v) is 18.1. The Morgan fingerprint density at radius 2 is 1.62 bits per heavy atom. The van der Waals surface area contributed by atoms with Gasteiger partial charge in [0.1, 0.15) is 0 Å². The van der Waals surface area contributed by atoms with E-state index in [1.807, 2.05) is 93.8 Å². The van der Waals surface area contributed by atoms with E-state index in [1.54, 1.807) is 9.36 Å². The molecule has 0 atom stereocenters. The second-order valence-electron chi connectivity index (χ2n) is 7.72. The van der Waals surface area contributed by atoms with Gasteiger partial charge < -0.3 is 5.32 Å². The Morgan fingerprint density at radius 1 is 0.938 bits per heavy atom. The molecule has 158 valence electrons. The summed E-state index contributed by atoms with van der Waals surface area (Å²) in [6.07, 6.45) is 1.90. The number of amides is 1. The van der Waals surface area contributed by atoms with Crippen LogP contribution in [-0.4, -0.2) is 30.5 Å². The number of rotatable bonds is 4. The number of hydrogen-bond donors (Lipinski definition) is 1. The van der Waals surface area contributed by atoms with Crippen molar-refractivity contribution in [2.45, 2.75) is 13.8 Å². The van der Waals surface area contributed by atoms with E-state index in [4.69, 9.17) is 4.98 Å². The largest absolute Gasteiger partial charge is 0.305 e. The van der Waals surface area contributed by atoms with E-state index in [0.717, 1.165) is 33.6 Å². The van der Waals surface area contributed by atoms with Gasteiger partial charge in [0.2, 0.25) is 0 Å². The van der Waals surface area contributed by atoms with E-state index in [0.29, 0.717) is 17.0 Å². The minimum atomic E-state index is -0.243. The molecule has 0 saturated heterocycles. The van der Waals surface area contributed by atoms with Crippen LogP contribution in [0, 0.1) is 13.8 Å². The zero-order valence-electron chi connectivity index (χ0n) is 18.1. The molecule has 0 aliphatic rings. The maximum atomic E-state index is 13.4. The summed E-state index contributed by atoms with van der Waals surface area (Å²) in [5.74, 6) is 0.277. The molecule has 1 amide bonds. The van der Waals surface area contributed by atoms with Crippen LogP contribution in [0.2, 0.25) is 0 Å². The Hall–Kier alpha value is -4.26. The van der Waals surface area contributed by atoms with Crippen LogP contribution in [0.15, 0.2) is 72.9 Å². The fourth-order valence-electron chi connectivity index (χ4n) is 3.85. The average molecular weight is 422 g/mol. The highest BCUT2D eigenvalue weighted by molar-refractivity contribution is 6.13. The molecule has 0 fully saturated rings. The number of pyridine rings is 1. The fourth-order valence-corrected chi connectivity index (χ4v) is 3.85. The monoisotopic (exact) mass is 422 g/mol. The highest BCUT2D eigenvalue weighted by Crippen LogP contribution is 2.28. The first-order valence-electron chi connectivity index (χ1n) is 10.3. The van der Waals surface area contributed by atoms with Crippen LogP contribution in [0.5, 0.6) is 0 Å². The van der Waals surface area contributed by atoms with Crippen molar-refractivity contribution in [1.29, 1.82) is 0 Å². The van der Waals surface area contributed by atoms with Crippen molar-refractivity contribution in [3.05, 3.63) is 89.7 Å². The molecular formula is C25H22N6O. The van der Waals surface area contributed by atoms with E-state index in [-0.39, 0.29) is 5.91 Å². The Labute approximate surface area is 185 Å². The molecule has 0 saturated carbocycles. The number of nitrogens with one attached hydrogen (secondary N) is 1. The molecule has 2 aromatic carbocycles. The van der Waals surface area contributed by atoms with Gasteiger partial charge in [0.05, 0.1) is 28.0 Å². The number of carbonyl (C=O) groups is 1. The predicted octanol–water partition coefficient (Wildman–Crippen LogP) is 4.69. The number of fused-ring (bicyclic) bond motifs is 1. The van der Waals surface area contributed by atoms with Crippen molar-refractivity contribution < 1.29 is 4.79 Å². The summed E-state index contributed by atoms with van der Waals surface area (Å²) in [7, 11) is 1.84. The van der Waals surface area contributed by atoms with Crippen molar-refractivity contribution >= 4 is 22.8 Å². The molecular weight excluding hydrogens is 400 g/mol. The summed E-state index contributed by atoms with van der Waals surface area (Å²) < 4.78 is 3.47. The molecule has 1 N–H and O–H groups in total. The summed E-state index contributed by atoms with van der Waals surface area (Å²) in [6.45, 7) is 3.81. The van der Waals surface area contributed by atoms with Crippen molar-refractivity contribution in [2.75, 3.05) is 5.32 Å². The van der Waals surface area contributed by atoms with Gasteiger partial charge in [-0.3, -0.25) is 9.48 Å². The first-order valence-corrected chi connectivity index (χ1v) is 10.3. The number of para-hydroxylation sites is 1. The average Bonchev–Trinajstić information content (AvgIpc) is 3.33. The van der Waals surface area contributed by atoms with Crippen LogP contribution in [0.25, 0.3) is 28.0 Å². The number of nitrogens with zero attached hydrogens (tertiary/aromatic N) is 5. The lowest BCUT2D eigenvalue weighted by molar-refractivity contribution is 0.102. The Bertz CT molecular complexity index is 1430. The molecule has 0 unspecified atom stereocenters. The highest BCUT2D eigenvalue weighted by atomic mass is 16.1. The van der Waals surface area contributed by atoms with Crippen molar-refractivity contribution in [3.8, 4) is 16.9 Å². The summed E-state index contributed by atoms with van der Waals surface area (Å²) in [5, 5.41) is 12.8. The van der Waals surface area contributed by atoms with Crippen LogP contribution in [0.4, 0.5) is 5.82 Å². The Kier molecular flexibility index (Phi) is 4.78. The van der Waals surface area contributed by atoms with Gasteiger partial charge in [0.15, 0.2) is 11.5 Å². The van der Waals surface area contributed by atoms with E-state index in [2.05, 4.69) is 15.5 Å². The maximum Gasteiger partial charge on any atom is 0.257 e. The van der Waals surface area contributed by atoms with Gasteiger partial charge in [-0.2, -0.15) is 5.10 Å².